The zero-order valence-electron chi connectivity index (χ0n) is 18.1. The number of carbonyl (C=O) groups excluding carboxylic acids is 1. The minimum atomic E-state index is -3.76. The smallest absolute Gasteiger partial charge is 0.225 e. The Balaban J connectivity index is 1.31. The Hall–Kier alpha value is -2.23. The second-order valence-electron chi connectivity index (χ2n) is 8.39. The van der Waals surface area contributed by atoms with Gasteiger partial charge in [-0.05, 0) is 37.1 Å². The molecule has 2 aromatic rings. The average Bonchev–Trinajstić information content (AvgIpc) is 2.82. The molecule has 0 N–H and O–H groups in total. The topological polar surface area (TPSA) is 60.9 Å². The maximum atomic E-state index is 14.0. The van der Waals surface area contributed by atoms with Crippen LogP contribution < -0.4 is 4.90 Å². The Morgan fingerprint density at radius 3 is 2.18 bits per heavy atom. The van der Waals surface area contributed by atoms with Gasteiger partial charge in [-0.15, -0.1) is 0 Å². The number of nitrogens with zero attached hydrogens (tertiary/aromatic N) is 3. The SMILES string of the molecule is O=C(C1CCN(S(=O)(=O)Cc2c(F)cccc2Cl)CC1)N1CCN(c2ccccc2F)CC1. The summed E-state index contributed by atoms with van der Waals surface area (Å²) < 4.78 is 55.0. The van der Waals surface area contributed by atoms with Crippen LogP contribution in [0.3, 0.4) is 0 Å². The van der Waals surface area contributed by atoms with Crippen molar-refractivity contribution in [1.29, 1.82) is 0 Å². The number of rotatable bonds is 5. The van der Waals surface area contributed by atoms with E-state index in [2.05, 4.69) is 0 Å². The third-order valence-electron chi connectivity index (χ3n) is 6.37. The molecule has 0 aromatic heterocycles. The molecule has 1 amide bonds. The molecular weight excluding hydrogens is 472 g/mol. The van der Waals surface area contributed by atoms with E-state index in [-0.39, 0.29) is 41.3 Å². The van der Waals surface area contributed by atoms with E-state index >= 15 is 0 Å². The summed E-state index contributed by atoms with van der Waals surface area (Å²) in [5, 5.41) is 0.0816. The van der Waals surface area contributed by atoms with Crippen LogP contribution in [0.15, 0.2) is 42.5 Å². The van der Waals surface area contributed by atoms with Crippen molar-refractivity contribution in [1.82, 2.24) is 9.21 Å². The number of hydrogen-bond acceptors (Lipinski definition) is 4. The minimum Gasteiger partial charge on any atom is -0.366 e. The molecule has 0 atom stereocenters. The molecule has 0 unspecified atom stereocenters. The predicted octanol–water partition coefficient (Wildman–Crippen LogP) is 3.51. The number of sulfonamides is 1. The molecule has 10 heteroatoms. The van der Waals surface area contributed by atoms with Crippen molar-refractivity contribution in [3.05, 3.63) is 64.7 Å². The summed E-state index contributed by atoms with van der Waals surface area (Å²) >= 11 is 5.99. The van der Waals surface area contributed by atoms with Crippen LogP contribution in [0.5, 0.6) is 0 Å². The van der Waals surface area contributed by atoms with E-state index in [0.717, 1.165) is 0 Å². The fourth-order valence-electron chi connectivity index (χ4n) is 4.46. The van der Waals surface area contributed by atoms with Gasteiger partial charge in [0.2, 0.25) is 15.9 Å². The van der Waals surface area contributed by atoms with E-state index in [1.165, 1.54) is 28.6 Å². The van der Waals surface area contributed by atoms with Crippen LogP contribution in [0.2, 0.25) is 5.02 Å². The van der Waals surface area contributed by atoms with Crippen LogP contribution in [0, 0.1) is 17.6 Å². The van der Waals surface area contributed by atoms with Crippen LogP contribution in [0.1, 0.15) is 18.4 Å². The van der Waals surface area contributed by atoms with Gasteiger partial charge in [0.1, 0.15) is 11.6 Å². The van der Waals surface area contributed by atoms with Crippen LogP contribution >= 0.6 is 11.6 Å². The molecule has 33 heavy (non-hydrogen) atoms. The summed E-state index contributed by atoms with van der Waals surface area (Å²) in [4.78, 5) is 16.7. The molecule has 178 valence electrons. The summed E-state index contributed by atoms with van der Waals surface area (Å²) in [7, 11) is -3.76. The molecule has 0 radical (unpaired) electrons. The number of piperidine rings is 1. The Bertz CT molecular complexity index is 1100. The van der Waals surface area contributed by atoms with Crippen molar-refractivity contribution in [3.8, 4) is 0 Å². The van der Waals surface area contributed by atoms with Gasteiger partial charge in [0.15, 0.2) is 0 Å². The standard InChI is InChI=1S/C23H26ClF2N3O3S/c24-19-4-3-6-20(25)18(19)16-33(31,32)29-10-8-17(9-11-29)23(30)28-14-12-27(13-15-28)22-7-2-1-5-21(22)26/h1-7,17H,8-16H2. The molecule has 0 saturated carbocycles. The van der Waals surface area contributed by atoms with E-state index in [1.54, 1.807) is 23.1 Å². The first-order valence-electron chi connectivity index (χ1n) is 11.0. The van der Waals surface area contributed by atoms with E-state index in [9.17, 15) is 22.0 Å². The van der Waals surface area contributed by atoms with Gasteiger partial charge < -0.3 is 9.80 Å². The molecule has 0 bridgehead atoms. The highest BCUT2D eigenvalue weighted by Crippen LogP contribution is 2.27. The first-order valence-corrected chi connectivity index (χ1v) is 12.9. The Labute approximate surface area is 197 Å². The molecule has 0 spiro atoms. The average molecular weight is 498 g/mol. The van der Waals surface area contributed by atoms with Crippen molar-refractivity contribution in [2.45, 2.75) is 18.6 Å². The Morgan fingerprint density at radius 1 is 0.909 bits per heavy atom. The van der Waals surface area contributed by atoms with Gasteiger partial charge in [0.25, 0.3) is 0 Å². The third kappa shape index (κ3) is 5.31. The predicted molar refractivity (Wildman–Crippen MR) is 124 cm³/mol. The van der Waals surface area contributed by atoms with Crippen LogP contribution in [0.4, 0.5) is 14.5 Å². The quantitative estimate of drug-likeness (QED) is 0.634. The molecule has 2 aliphatic heterocycles. The lowest BCUT2D eigenvalue weighted by Gasteiger charge is -2.39. The molecule has 0 aliphatic carbocycles. The fourth-order valence-corrected chi connectivity index (χ4v) is 6.38. The maximum absolute atomic E-state index is 14.0. The number of hydrogen-bond donors (Lipinski definition) is 0. The Kier molecular flexibility index (Phi) is 7.21. The summed E-state index contributed by atoms with van der Waals surface area (Å²) in [5.41, 5.74) is 0.503. The fraction of sp³-hybridized carbons (Fsp3) is 0.435. The summed E-state index contributed by atoms with van der Waals surface area (Å²) in [6.07, 6.45) is 0.827. The summed E-state index contributed by atoms with van der Waals surface area (Å²) in [6.45, 7) is 2.50. The van der Waals surface area contributed by atoms with Crippen molar-refractivity contribution in [3.63, 3.8) is 0 Å². The minimum absolute atomic E-state index is 0.0115. The van der Waals surface area contributed by atoms with Crippen LogP contribution in [-0.4, -0.2) is 62.8 Å². The largest absolute Gasteiger partial charge is 0.366 e. The second kappa shape index (κ2) is 9.95. The zero-order chi connectivity index (χ0) is 23.6. The van der Waals surface area contributed by atoms with E-state index in [4.69, 9.17) is 11.6 Å². The molecule has 2 saturated heterocycles. The number of amides is 1. The maximum Gasteiger partial charge on any atom is 0.225 e. The lowest BCUT2D eigenvalue weighted by molar-refractivity contribution is -0.137. The monoisotopic (exact) mass is 497 g/mol. The molecule has 6 nitrogen and oxygen atoms in total. The number of carbonyl (C=O) groups is 1. The lowest BCUT2D eigenvalue weighted by atomic mass is 9.96. The normalized spacial score (nSPS) is 18.5. The highest BCUT2D eigenvalue weighted by molar-refractivity contribution is 7.88. The van der Waals surface area contributed by atoms with Gasteiger partial charge in [0.05, 0.1) is 11.4 Å². The molecule has 2 aromatic carbocycles. The van der Waals surface area contributed by atoms with Gasteiger partial charge in [-0.25, -0.2) is 21.5 Å². The first-order chi connectivity index (χ1) is 15.8. The van der Waals surface area contributed by atoms with Gasteiger partial charge in [0, 0.05) is 55.8 Å². The van der Waals surface area contributed by atoms with Crippen molar-refractivity contribution < 1.29 is 22.0 Å². The zero-order valence-corrected chi connectivity index (χ0v) is 19.7. The van der Waals surface area contributed by atoms with Crippen molar-refractivity contribution >= 4 is 33.2 Å². The number of para-hydroxylation sites is 1. The summed E-state index contributed by atoms with van der Waals surface area (Å²) in [6, 6.07) is 10.7. The summed E-state index contributed by atoms with van der Waals surface area (Å²) in [5.74, 6) is -1.67. The molecular formula is C23H26ClF2N3O3S. The van der Waals surface area contributed by atoms with Gasteiger partial charge >= 0.3 is 0 Å². The molecule has 4 rings (SSSR count). The number of halogens is 3. The molecule has 2 fully saturated rings. The Morgan fingerprint density at radius 2 is 1.55 bits per heavy atom. The third-order valence-corrected chi connectivity index (χ3v) is 8.53. The molecule has 2 heterocycles. The highest BCUT2D eigenvalue weighted by atomic mass is 35.5. The van der Waals surface area contributed by atoms with Gasteiger partial charge in [-0.3, -0.25) is 4.79 Å². The first kappa shape index (κ1) is 23.9. The molecule has 2 aliphatic rings. The van der Waals surface area contributed by atoms with Gasteiger partial charge in [-0.1, -0.05) is 29.8 Å². The number of anilines is 1. The lowest BCUT2D eigenvalue weighted by Crippen LogP contribution is -2.52. The number of piperazine rings is 1. The van der Waals surface area contributed by atoms with Crippen molar-refractivity contribution in [2.75, 3.05) is 44.2 Å². The van der Waals surface area contributed by atoms with Crippen molar-refractivity contribution in [2.24, 2.45) is 5.92 Å². The van der Waals surface area contributed by atoms with E-state index < -0.39 is 21.6 Å². The van der Waals surface area contributed by atoms with Crippen LogP contribution in [0.25, 0.3) is 0 Å². The van der Waals surface area contributed by atoms with Crippen LogP contribution in [-0.2, 0) is 20.6 Å². The van der Waals surface area contributed by atoms with E-state index in [1.807, 2.05) is 4.90 Å². The van der Waals surface area contributed by atoms with Gasteiger partial charge in [-0.2, -0.15) is 0 Å². The second-order valence-corrected chi connectivity index (χ2v) is 10.8. The highest BCUT2D eigenvalue weighted by Gasteiger charge is 2.34. The van der Waals surface area contributed by atoms with E-state index in [0.29, 0.717) is 44.7 Å². The number of benzene rings is 2.